The summed E-state index contributed by atoms with van der Waals surface area (Å²) in [6.45, 7) is 0.0275. The van der Waals surface area contributed by atoms with Crippen LogP contribution in [0.5, 0.6) is 0 Å². The third kappa shape index (κ3) is 1.82. The number of nitrogens with two attached hydrogens (primary N) is 1. The molecule has 0 saturated heterocycles. The SMILES string of the molecule is NC1=NCc2cc(NC(=O)CO)ccc21. The third-order valence-electron chi connectivity index (χ3n) is 2.23. The molecule has 1 aromatic rings. The molecular formula is C10H11N3O2. The van der Waals surface area contributed by atoms with Crippen LogP contribution in [0.15, 0.2) is 23.2 Å². The predicted octanol–water partition coefficient (Wildman–Crippen LogP) is -0.164. The fourth-order valence-corrected chi connectivity index (χ4v) is 1.51. The van der Waals surface area contributed by atoms with Gasteiger partial charge in [0.05, 0.1) is 6.54 Å². The third-order valence-corrected chi connectivity index (χ3v) is 2.23. The van der Waals surface area contributed by atoms with Crippen molar-refractivity contribution in [1.82, 2.24) is 0 Å². The normalized spacial score (nSPS) is 13.3. The van der Waals surface area contributed by atoms with E-state index in [0.717, 1.165) is 11.1 Å². The smallest absolute Gasteiger partial charge is 0.250 e. The summed E-state index contributed by atoms with van der Waals surface area (Å²) in [6, 6.07) is 5.36. The van der Waals surface area contributed by atoms with Crippen LogP contribution in [-0.4, -0.2) is 23.5 Å². The van der Waals surface area contributed by atoms with Gasteiger partial charge in [0.15, 0.2) is 0 Å². The van der Waals surface area contributed by atoms with E-state index < -0.39 is 12.5 Å². The van der Waals surface area contributed by atoms with Crippen LogP contribution in [0.3, 0.4) is 0 Å². The molecule has 0 aliphatic carbocycles. The van der Waals surface area contributed by atoms with E-state index in [1.165, 1.54) is 0 Å². The van der Waals surface area contributed by atoms with Gasteiger partial charge in [-0.25, -0.2) is 0 Å². The van der Waals surface area contributed by atoms with Gasteiger partial charge >= 0.3 is 0 Å². The molecule has 0 radical (unpaired) electrons. The van der Waals surface area contributed by atoms with E-state index in [2.05, 4.69) is 10.3 Å². The van der Waals surface area contributed by atoms with Gasteiger partial charge in [-0.1, -0.05) is 0 Å². The van der Waals surface area contributed by atoms with Crippen molar-refractivity contribution in [3.63, 3.8) is 0 Å². The number of aliphatic imine (C=N–C) groups is 1. The highest BCUT2D eigenvalue weighted by Crippen LogP contribution is 2.21. The predicted molar refractivity (Wildman–Crippen MR) is 56.6 cm³/mol. The summed E-state index contributed by atoms with van der Waals surface area (Å²) in [5.41, 5.74) is 8.20. The number of hydrogen-bond donors (Lipinski definition) is 3. The number of benzene rings is 1. The molecule has 2 rings (SSSR count). The van der Waals surface area contributed by atoms with E-state index >= 15 is 0 Å². The van der Waals surface area contributed by atoms with E-state index in [1.54, 1.807) is 6.07 Å². The van der Waals surface area contributed by atoms with E-state index in [0.29, 0.717) is 18.1 Å². The van der Waals surface area contributed by atoms with Crippen LogP contribution in [0.1, 0.15) is 11.1 Å². The number of anilines is 1. The highest BCUT2D eigenvalue weighted by Gasteiger charge is 2.13. The standard InChI is InChI=1S/C10H11N3O2/c11-10-8-2-1-7(13-9(15)5-14)3-6(8)4-12-10/h1-3,14H,4-5H2,(H2,11,12)(H,13,15). The highest BCUT2D eigenvalue weighted by atomic mass is 16.3. The quantitative estimate of drug-likeness (QED) is 0.626. The Labute approximate surface area is 86.6 Å². The average molecular weight is 205 g/mol. The van der Waals surface area contributed by atoms with Gasteiger partial charge in [0.1, 0.15) is 12.4 Å². The van der Waals surface area contributed by atoms with Crippen molar-refractivity contribution in [2.24, 2.45) is 10.7 Å². The molecular weight excluding hydrogens is 194 g/mol. The van der Waals surface area contributed by atoms with Gasteiger partial charge in [0.2, 0.25) is 5.91 Å². The van der Waals surface area contributed by atoms with E-state index in [9.17, 15) is 4.79 Å². The Kier molecular flexibility index (Phi) is 2.39. The zero-order valence-electron chi connectivity index (χ0n) is 8.03. The van der Waals surface area contributed by atoms with Crippen LogP contribution in [0.2, 0.25) is 0 Å². The molecule has 1 aromatic carbocycles. The van der Waals surface area contributed by atoms with Crippen LogP contribution >= 0.6 is 0 Å². The van der Waals surface area contributed by atoms with Crippen molar-refractivity contribution in [3.05, 3.63) is 29.3 Å². The molecule has 0 spiro atoms. The topological polar surface area (TPSA) is 87.7 Å². The molecule has 15 heavy (non-hydrogen) atoms. The monoisotopic (exact) mass is 205 g/mol. The Bertz CT molecular complexity index is 440. The van der Waals surface area contributed by atoms with Gasteiger partial charge in [0, 0.05) is 11.3 Å². The number of carbonyl (C=O) groups is 1. The number of aliphatic hydroxyl groups is 1. The molecule has 0 aromatic heterocycles. The molecule has 1 aliphatic rings. The molecule has 78 valence electrons. The molecule has 4 N–H and O–H groups in total. The number of amides is 1. The summed E-state index contributed by atoms with van der Waals surface area (Å²) in [7, 11) is 0. The van der Waals surface area contributed by atoms with Crippen molar-refractivity contribution in [1.29, 1.82) is 0 Å². The lowest BCUT2D eigenvalue weighted by Gasteiger charge is -2.05. The molecule has 0 bridgehead atoms. The first-order valence-electron chi connectivity index (χ1n) is 4.54. The molecule has 1 heterocycles. The van der Waals surface area contributed by atoms with Crippen molar-refractivity contribution in [3.8, 4) is 0 Å². The molecule has 1 aliphatic heterocycles. The van der Waals surface area contributed by atoms with E-state index in [4.69, 9.17) is 10.8 Å². The van der Waals surface area contributed by atoms with E-state index in [-0.39, 0.29) is 0 Å². The molecule has 0 fully saturated rings. The fraction of sp³-hybridized carbons (Fsp3) is 0.200. The van der Waals surface area contributed by atoms with Gasteiger partial charge in [-0.2, -0.15) is 0 Å². The summed E-state index contributed by atoms with van der Waals surface area (Å²) < 4.78 is 0. The van der Waals surface area contributed by atoms with Crippen LogP contribution in [0.25, 0.3) is 0 Å². The molecule has 0 unspecified atom stereocenters. The zero-order valence-corrected chi connectivity index (χ0v) is 8.03. The van der Waals surface area contributed by atoms with Crippen LogP contribution in [-0.2, 0) is 11.3 Å². The second-order valence-corrected chi connectivity index (χ2v) is 3.28. The van der Waals surface area contributed by atoms with Crippen molar-refractivity contribution in [2.45, 2.75) is 6.54 Å². The molecule has 1 amide bonds. The van der Waals surface area contributed by atoms with Crippen LogP contribution in [0, 0.1) is 0 Å². The maximum absolute atomic E-state index is 10.9. The summed E-state index contributed by atoms with van der Waals surface area (Å²) in [4.78, 5) is 15.0. The number of fused-ring (bicyclic) bond motifs is 1. The molecule has 5 nitrogen and oxygen atoms in total. The number of amidine groups is 1. The first-order valence-corrected chi connectivity index (χ1v) is 4.54. The lowest BCUT2D eigenvalue weighted by atomic mass is 10.1. The van der Waals surface area contributed by atoms with Gasteiger partial charge in [-0.15, -0.1) is 0 Å². The van der Waals surface area contributed by atoms with Crippen LogP contribution in [0.4, 0.5) is 5.69 Å². The number of aliphatic hydroxyl groups excluding tert-OH is 1. The van der Waals surface area contributed by atoms with Crippen LogP contribution < -0.4 is 11.1 Å². The Hall–Kier alpha value is -1.88. The second kappa shape index (κ2) is 3.70. The van der Waals surface area contributed by atoms with Gasteiger partial charge in [0.25, 0.3) is 0 Å². The highest BCUT2D eigenvalue weighted by molar-refractivity contribution is 6.01. The van der Waals surface area contributed by atoms with E-state index in [1.807, 2.05) is 12.1 Å². The molecule has 0 atom stereocenters. The number of nitrogens with one attached hydrogen (secondary N) is 1. The fourth-order valence-electron chi connectivity index (χ4n) is 1.51. The second-order valence-electron chi connectivity index (χ2n) is 3.28. The van der Waals surface area contributed by atoms with Gasteiger partial charge in [-0.3, -0.25) is 9.79 Å². The maximum atomic E-state index is 10.9. The summed E-state index contributed by atoms with van der Waals surface area (Å²) >= 11 is 0. The van der Waals surface area contributed by atoms with Crippen molar-refractivity contribution < 1.29 is 9.90 Å². The number of rotatable bonds is 2. The Morgan fingerprint density at radius 2 is 2.40 bits per heavy atom. The van der Waals surface area contributed by atoms with Crippen molar-refractivity contribution >= 4 is 17.4 Å². The average Bonchev–Trinajstić information content (AvgIpc) is 2.60. The van der Waals surface area contributed by atoms with Gasteiger partial charge in [-0.05, 0) is 23.8 Å². The Morgan fingerprint density at radius 3 is 3.13 bits per heavy atom. The minimum absolute atomic E-state index is 0.429. The minimum atomic E-state index is -0.518. The number of carbonyl (C=O) groups excluding carboxylic acids is 1. The molecule has 5 heteroatoms. The maximum Gasteiger partial charge on any atom is 0.250 e. The lowest BCUT2D eigenvalue weighted by molar-refractivity contribution is -0.118. The largest absolute Gasteiger partial charge is 0.387 e. The Morgan fingerprint density at radius 1 is 1.60 bits per heavy atom. The number of nitrogens with zero attached hydrogens (tertiary/aromatic N) is 1. The molecule has 0 saturated carbocycles. The van der Waals surface area contributed by atoms with Gasteiger partial charge < -0.3 is 16.2 Å². The summed E-state index contributed by atoms with van der Waals surface area (Å²) in [5, 5.41) is 11.1. The zero-order chi connectivity index (χ0) is 10.8. The Balaban J connectivity index is 2.22. The summed E-state index contributed by atoms with van der Waals surface area (Å²) in [5.74, 6) is 0.104. The van der Waals surface area contributed by atoms with Crippen molar-refractivity contribution in [2.75, 3.05) is 11.9 Å². The summed E-state index contributed by atoms with van der Waals surface area (Å²) in [6.07, 6.45) is 0. The lowest BCUT2D eigenvalue weighted by Crippen LogP contribution is -2.16. The first kappa shape index (κ1) is 9.67. The number of hydrogen-bond acceptors (Lipinski definition) is 4. The first-order chi connectivity index (χ1) is 7.20. The minimum Gasteiger partial charge on any atom is -0.387 e.